The SMILES string of the molecule is COc1cc2ncnc(Nc3ccc(Cl)c(Cl)c3F)c2cc1OC1CCN(Cc2ccc3c(c2)C(=O)N(C2CCC(=O)NC2=O)C3=O)CC1. The first-order valence-corrected chi connectivity index (χ1v) is 16.3. The Morgan fingerprint density at radius 1 is 0.959 bits per heavy atom. The van der Waals surface area contributed by atoms with Crippen LogP contribution in [0.25, 0.3) is 10.9 Å². The van der Waals surface area contributed by atoms with Gasteiger partial charge in [0.2, 0.25) is 11.8 Å². The van der Waals surface area contributed by atoms with Crippen molar-refractivity contribution in [3.8, 4) is 11.5 Å². The van der Waals surface area contributed by atoms with Gasteiger partial charge in [0.1, 0.15) is 24.3 Å². The molecule has 3 aromatic carbocycles. The van der Waals surface area contributed by atoms with Crippen molar-refractivity contribution in [3.05, 3.63) is 81.3 Å². The maximum Gasteiger partial charge on any atom is 0.262 e. The van der Waals surface area contributed by atoms with Crippen molar-refractivity contribution in [2.75, 3.05) is 25.5 Å². The highest BCUT2D eigenvalue weighted by atomic mass is 35.5. The number of carbonyl (C=O) groups is 4. The molecule has 0 bridgehead atoms. The number of amides is 4. The minimum Gasteiger partial charge on any atom is -0.493 e. The highest BCUT2D eigenvalue weighted by molar-refractivity contribution is 6.42. The lowest BCUT2D eigenvalue weighted by atomic mass is 10.0. The molecule has 2 saturated heterocycles. The molecule has 2 fully saturated rings. The number of benzene rings is 3. The summed E-state index contributed by atoms with van der Waals surface area (Å²) in [5, 5.41) is 5.68. The van der Waals surface area contributed by atoms with Crippen LogP contribution < -0.4 is 20.1 Å². The fourth-order valence-electron chi connectivity index (χ4n) is 6.40. The summed E-state index contributed by atoms with van der Waals surface area (Å²) in [6.45, 7) is 1.97. The van der Waals surface area contributed by atoms with Crippen LogP contribution in [0.4, 0.5) is 15.9 Å². The minimum atomic E-state index is -1.00. The number of carbonyl (C=O) groups excluding carboxylic acids is 4. The second-order valence-corrected chi connectivity index (χ2v) is 12.8. The van der Waals surface area contributed by atoms with E-state index in [2.05, 4.69) is 25.5 Å². The van der Waals surface area contributed by atoms with Crippen LogP contribution in [0.2, 0.25) is 10.0 Å². The molecule has 252 valence electrons. The first kappa shape index (κ1) is 32.7. The number of nitrogens with one attached hydrogen (secondary N) is 2. The van der Waals surface area contributed by atoms with Crippen molar-refractivity contribution in [2.45, 2.75) is 44.4 Å². The number of hydrogen-bond donors (Lipinski definition) is 2. The van der Waals surface area contributed by atoms with Crippen molar-refractivity contribution >= 4 is 69.2 Å². The van der Waals surface area contributed by atoms with Gasteiger partial charge < -0.3 is 14.8 Å². The van der Waals surface area contributed by atoms with E-state index in [0.717, 1.165) is 10.5 Å². The lowest BCUT2D eigenvalue weighted by Crippen LogP contribution is -2.54. The first-order valence-electron chi connectivity index (χ1n) is 15.6. The number of fused-ring (bicyclic) bond motifs is 2. The Morgan fingerprint density at radius 3 is 2.49 bits per heavy atom. The zero-order chi connectivity index (χ0) is 34.4. The van der Waals surface area contributed by atoms with Crippen molar-refractivity contribution in [1.82, 2.24) is 25.1 Å². The molecule has 2 N–H and O–H groups in total. The van der Waals surface area contributed by atoms with Crippen molar-refractivity contribution in [3.63, 3.8) is 0 Å². The second-order valence-electron chi connectivity index (χ2n) is 12.0. The van der Waals surface area contributed by atoms with Crippen LogP contribution in [0.3, 0.4) is 0 Å². The summed E-state index contributed by atoms with van der Waals surface area (Å²) < 4.78 is 26.8. The summed E-state index contributed by atoms with van der Waals surface area (Å²) in [5.41, 5.74) is 2.03. The molecular weight excluding hydrogens is 678 g/mol. The van der Waals surface area contributed by atoms with E-state index in [9.17, 15) is 23.6 Å². The number of nitrogens with zero attached hydrogens (tertiary/aromatic N) is 4. The van der Waals surface area contributed by atoms with Crippen LogP contribution in [-0.2, 0) is 16.1 Å². The zero-order valence-electron chi connectivity index (χ0n) is 26.1. The Hall–Kier alpha value is -4.85. The van der Waals surface area contributed by atoms with Gasteiger partial charge in [-0.1, -0.05) is 29.3 Å². The Morgan fingerprint density at radius 2 is 1.73 bits per heavy atom. The molecule has 0 radical (unpaired) electrons. The van der Waals surface area contributed by atoms with E-state index in [-0.39, 0.29) is 45.8 Å². The largest absolute Gasteiger partial charge is 0.493 e. The molecule has 1 aromatic heterocycles. The van der Waals surface area contributed by atoms with Crippen LogP contribution in [-0.4, -0.2) is 75.7 Å². The number of piperidine rings is 2. The van der Waals surface area contributed by atoms with Gasteiger partial charge in [-0.25, -0.2) is 14.4 Å². The zero-order valence-corrected chi connectivity index (χ0v) is 27.6. The second kappa shape index (κ2) is 13.2. The van der Waals surface area contributed by atoms with Gasteiger partial charge in [-0.05, 0) is 55.2 Å². The number of hydrogen-bond acceptors (Lipinski definition) is 10. The molecule has 4 amide bonds. The number of halogens is 3. The van der Waals surface area contributed by atoms with E-state index in [1.807, 2.05) is 6.07 Å². The van der Waals surface area contributed by atoms with Gasteiger partial charge in [0.25, 0.3) is 11.8 Å². The monoisotopic (exact) mass is 706 g/mol. The van der Waals surface area contributed by atoms with Gasteiger partial charge in [-0.3, -0.25) is 34.3 Å². The maximum atomic E-state index is 14.8. The predicted octanol–water partition coefficient (Wildman–Crippen LogP) is 5.27. The third kappa shape index (κ3) is 6.25. The molecule has 4 heterocycles. The Balaban J connectivity index is 1.02. The molecule has 1 unspecified atom stereocenters. The molecule has 4 aromatic rings. The topological polar surface area (TPSA) is 143 Å². The highest BCUT2D eigenvalue weighted by Gasteiger charge is 2.44. The van der Waals surface area contributed by atoms with Gasteiger partial charge in [0.15, 0.2) is 17.3 Å². The maximum absolute atomic E-state index is 14.8. The highest BCUT2D eigenvalue weighted by Crippen LogP contribution is 2.38. The van der Waals surface area contributed by atoms with Crippen LogP contribution in [0.15, 0.2) is 48.8 Å². The number of likely N-dealkylation sites (tertiary alicyclic amines) is 1. The lowest BCUT2D eigenvalue weighted by molar-refractivity contribution is -0.136. The molecule has 0 spiro atoms. The summed E-state index contributed by atoms with van der Waals surface area (Å²) >= 11 is 11.9. The molecule has 7 rings (SSSR count). The van der Waals surface area contributed by atoms with Crippen LogP contribution in [0.1, 0.15) is 52.0 Å². The molecule has 1 atom stereocenters. The third-order valence-electron chi connectivity index (χ3n) is 8.95. The molecule has 3 aliphatic heterocycles. The standard InChI is InChI=1S/C34H29Cl2FN6O6/c1-48-26-14-24-21(31(39-16-38-24)40-23-5-4-22(35)29(36)30(23)37)13-27(26)49-18-8-10-42(11-9-18)15-17-2-3-19-20(12-17)34(47)43(33(19)46)25-6-7-28(44)41-32(25)45/h2-5,12-14,16,18,25H,6-11,15H2,1H3,(H,38,39,40)(H,41,44,45). The number of imide groups is 2. The number of ether oxygens (including phenoxy) is 2. The number of rotatable bonds is 8. The summed E-state index contributed by atoms with van der Waals surface area (Å²) in [5.74, 6) is -1.49. The van der Waals surface area contributed by atoms with E-state index in [1.165, 1.54) is 18.5 Å². The van der Waals surface area contributed by atoms with E-state index < -0.39 is 35.5 Å². The third-order valence-corrected chi connectivity index (χ3v) is 9.73. The summed E-state index contributed by atoms with van der Waals surface area (Å²) in [6, 6.07) is 10.6. The van der Waals surface area contributed by atoms with E-state index in [4.69, 9.17) is 32.7 Å². The van der Waals surface area contributed by atoms with Gasteiger partial charge >= 0.3 is 0 Å². The fourth-order valence-corrected chi connectivity index (χ4v) is 6.72. The molecule has 15 heteroatoms. The summed E-state index contributed by atoms with van der Waals surface area (Å²) in [7, 11) is 1.54. The summed E-state index contributed by atoms with van der Waals surface area (Å²) in [6.07, 6.45) is 2.82. The van der Waals surface area contributed by atoms with E-state index >= 15 is 0 Å². The molecule has 0 saturated carbocycles. The van der Waals surface area contributed by atoms with Crippen LogP contribution in [0, 0.1) is 5.82 Å². The quantitative estimate of drug-likeness (QED) is 0.184. The van der Waals surface area contributed by atoms with Crippen molar-refractivity contribution in [1.29, 1.82) is 0 Å². The molecule has 12 nitrogen and oxygen atoms in total. The minimum absolute atomic E-state index is 0.0658. The normalized spacial score (nSPS) is 18.5. The Labute approximate surface area is 289 Å². The molecular formula is C34H29Cl2FN6O6. The van der Waals surface area contributed by atoms with Crippen LogP contribution >= 0.6 is 23.2 Å². The fraction of sp³-hybridized carbons (Fsp3) is 0.294. The average Bonchev–Trinajstić information content (AvgIpc) is 3.34. The Bertz CT molecular complexity index is 2040. The van der Waals surface area contributed by atoms with Gasteiger partial charge in [0.05, 0.1) is 39.5 Å². The summed E-state index contributed by atoms with van der Waals surface area (Å²) in [4.78, 5) is 62.1. The van der Waals surface area contributed by atoms with E-state index in [1.54, 1.807) is 31.4 Å². The lowest BCUT2D eigenvalue weighted by Gasteiger charge is -2.32. The smallest absolute Gasteiger partial charge is 0.262 e. The molecule has 0 aliphatic carbocycles. The van der Waals surface area contributed by atoms with Gasteiger partial charge in [0, 0.05) is 37.5 Å². The van der Waals surface area contributed by atoms with Gasteiger partial charge in [-0.2, -0.15) is 0 Å². The Kier molecular flexibility index (Phi) is 8.82. The number of aromatic nitrogens is 2. The van der Waals surface area contributed by atoms with Crippen molar-refractivity contribution in [2.24, 2.45) is 0 Å². The van der Waals surface area contributed by atoms with Gasteiger partial charge in [-0.15, -0.1) is 0 Å². The first-order chi connectivity index (χ1) is 23.6. The molecule has 3 aliphatic rings. The predicted molar refractivity (Wildman–Crippen MR) is 178 cm³/mol. The number of methoxy groups -OCH3 is 1. The van der Waals surface area contributed by atoms with E-state index in [0.29, 0.717) is 60.7 Å². The van der Waals surface area contributed by atoms with Crippen LogP contribution in [0.5, 0.6) is 11.5 Å². The average molecular weight is 708 g/mol. The van der Waals surface area contributed by atoms with Crippen molar-refractivity contribution < 1.29 is 33.0 Å². The molecule has 49 heavy (non-hydrogen) atoms. The number of anilines is 2.